The summed E-state index contributed by atoms with van der Waals surface area (Å²) >= 11 is 5.85. The van der Waals surface area contributed by atoms with Crippen LogP contribution in [0, 0.1) is 5.82 Å². The molecular weight excluding hydrogens is 271 g/mol. The molecule has 19 heavy (non-hydrogen) atoms. The van der Waals surface area contributed by atoms with Crippen molar-refractivity contribution in [3.63, 3.8) is 0 Å². The van der Waals surface area contributed by atoms with Gasteiger partial charge >= 0.3 is 5.97 Å². The Kier molecular flexibility index (Phi) is 3.57. The van der Waals surface area contributed by atoms with Gasteiger partial charge in [0.25, 0.3) is 0 Å². The van der Waals surface area contributed by atoms with Gasteiger partial charge in [-0.15, -0.1) is 0 Å². The number of nitrogens with one attached hydrogen (secondary N) is 1. The van der Waals surface area contributed by atoms with E-state index in [1.165, 1.54) is 12.1 Å². The Labute approximate surface area is 114 Å². The van der Waals surface area contributed by atoms with Crippen LogP contribution in [0.5, 0.6) is 0 Å². The van der Waals surface area contributed by atoms with Crippen LogP contribution < -0.4 is 0 Å². The maximum atomic E-state index is 13.8. The summed E-state index contributed by atoms with van der Waals surface area (Å²) in [5.74, 6) is -1.58. The fraction of sp³-hybridized carbons (Fsp3) is 0.231. The summed E-state index contributed by atoms with van der Waals surface area (Å²) in [6, 6.07) is 4.45. The fourth-order valence-corrected chi connectivity index (χ4v) is 1.98. The molecule has 1 aromatic carbocycles. The lowest BCUT2D eigenvalue weighted by atomic mass is 9.99. The average molecular weight is 283 g/mol. The summed E-state index contributed by atoms with van der Waals surface area (Å²) in [7, 11) is 0. The third kappa shape index (κ3) is 2.61. The van der Waals surface area contributed by atoms with Crippen molar-refractivity contribution in [2.45, 2.75) is 19.8 Å². The zero-order chi connectivity index (χ0) is 14.2. The van der Waals surface area contributed by atoms with E-state index in [0.29, 0.717) is 16.8 Å². The standard InChI is InChI=1S/C13H12ClFN2O2/c1-6(2)8-3-7(4-9(14)12(8)15)10-5-11(13(18)19)17-16-10/h3-6H,1-2H3,(H,16,17)(H,18,19). The van der Waals surface area contributed by atoms with Gasteiger partial charge in [-0.1, -0.05) is 25.4 Å². The van der Waals surface area contributed by atoms with Gasteiger partial charge in [0.2, 0.25) is 0 Å². The first-order chi connectivity index (χ1) is 8.90. The van der Waals surface area contributed by atoms with Crippen LogP contribution in [-0.4, -0.2) is 21.3 Å². The fourth-order valence-electron chi connectivity index (χ4n) is 1.76. The van der Waals surface area contributed by atoms with Crippen LogP contribution in [0.15, 0.2) is 18.2 Å². The number of aromatic nitrogens is 2. The number of rotatable bonds is 3. The second-order valence-corrected chi connectivity index (χ2v) is 4.90. The van der Waals surface area contributed by atoms with Crippen molar-refractivity contribution in [1.82, 2.24) is 10.2 Å². The molecule has 0 atom stereocenters. The van der Waals surface area contributed by atoms with E-state index in [1.807, 2.05) is 13.8 Å². The van der Waals surface area contributed by atoms with Crippen LogP contribution in [0.3, 0.4) is 0 Å². The molecular formula is C13H12ClFN2O2. The predicted molar refractivity (Wildman–Crippen MR) is 70.0 cm³/mol. The highest BCUT2D eigenvalue weighted by Gasteiger charge is 2.15. The van der Waals surface area contributed by atoms with Crippen LogP contribution in [-0.2, 0) is 0 Å². The lowest BCUT2D eigenvalue weighted by molar-refractivity contribution is 0.0690. The lowest BCUT2D eigenvalue weighted by Gasteiger charge is -2.10. The number of carboxylic acids is 1. The second kappa shape index (κ2) is 5.01. The molecule has 0 amide bonds. The van der Waals surface area contributed by atoms with Crippen molar-refractivity contribution in [3.8, 4) is 11.3 Å². The van der Waals surface area contributed by atoms with Gasteiger partial charge in [0.15, 0.2) is 0 Å². The van der Waals surface area contributed by atoms with Gasteiger partial charge in [0, 0.05) is 5.56 Å². The summed E-state index contributed by atoms with van der Waals surface area (Å²) < 4.78 is 13.8. The molecule has 0 aliphatic rings. The molecule has 0 aliphatic carbocycles. The Morgan fingerprint density at radius 1 is 1.42 bits per heavy atom. The normalized spacial score (nSPS) is 11.0. The van der Waals surface area contributed by atoms with E-state index in [2.05, 4.69) is 10.2 Å². The van der Waals surface area contributed by atoms with Gasteiger partial charge in [-0.2, -0.15) is 5.10 Å². The third-order valence-corrected chi connectivity index (χ3v) is 3.06. The van der Waals surface area contributed by atoms with Gasteiger partial charge < -0.3 is 5.11 Å². The molecule has 2 N–H and O–H groups in total. The van der Waals surface area contributed by atoms with E-state index in [0.717, 1.165) is 0 Å². The molecule has 100 valence electrons. The predicted octanol–water partition coefficient (Wildman–Crippen LogP) is 3.69. The second-order valence-electron chi connectivity index (χ2n) is 4.49. The zero-order valence-corrected chi connectivity index (χ0v) is 11.1. The van der Waals surface area contributed by atoms with Crippen molar-refractivity contribution in [2.24, 2.45) is 0 Å². The largest absolute Gasteiger partial charge is 0.477 e. The molecule has 1 heterocycles. The number of carbonyl (C=O) groups is 1. The summed E-state index contributed by atoms with van der Waals surface area (Å²) in [4.78, 5) is 10.8. The number of H-pyrrole nitrogens is 1. The number of aromatic carboxylic acids is 1. The molecule has 2 aromatic rings. The maximum Gasteiger partial charge on any atom is 0.353 e. The van der Waals surface area contributed by atoms with Crippen molar-refractivity contribution in [2.75, 3.05) is 0 Å². The molecule has 2 rings (SSSR count). The molecule has 6 heteroatoms. The minimum absolute atomic E-state index is 0.000995. The van der Waals surface area contributed by atoms with Gasteiger partial charge in [0.1, 0.15) is 11.5 Å². The molecule has 0 aliphatic heterocycles. The number of aromatic amines is 1. The average Bonchev–Trinajstić information content (AvgIpc) is 2.81. The minimum atomic E-state index is -1.10. The number of nitrogens with zero attached hydrogens (tertiary/aromatic N) is 1. The monoisotopic (exact) mass is 282 g/mol. The molecule has 0 spiro atoms. The van der Waals surface area contributed by atoms with E-state index in [-0.39, 0.29) is 16.6 Å². The molecule has 0 saturated heterocycles. The summed E-state index contributed by atoms with van der Waals surface area (Å²) in [6.45, 7) is 3.71. The summed E-state index contributed by atoms with van der Waals surface area (Å²) in [6.07, 6.45) is 0. The van der Waals surface area contributed by atoms with Gasteiger partial charge in [0.05, 0.1) is 10.7 Å². The highest BCUT2D eigenvalue weighted by molar-refractivity contribution is 6.31. The van der Waals surface area contributed by atoms with Gasteiger partial charge in [-0.05, 0) is 29.7 Å². The van der Waals surface area contributed by atoms with Gasteiger partial charge in [-0.25, -0.2) is 9.18 Å². The molecule has 0 saturated carbocycles. The van der Waals surface area contributed by atoms with Crippen LogP contribution in [0.25, 0.3) is 11.3 Å². The highest BCUT2D eigenvalue weighted by atomic mass is 35.5. The number of carboxylic acid groups (broad SMARTS) is 1. The number of halogens is 2. The SMILES string of the molecule is CC(C)c1cc(-c2cc(C(=O)O)[nH]n2)cc(Cl)c1F. The lowest BCUT2D eigenvalue weighted by Crippen LogP contribution is -1.95. The molecule has 0 radical (unpaired) electrons. The molecule has 0 unspecified atom stereocenters. The first-order valence-corrected chi connectivity index (χ1v) is 6.06. The van der Waals surface area contributed by atoms with Crippen molar-refractivity contribution >= 4 is 17.6 Å². The first kappa shape index (κ1) is 13.5. The van der Waals surface area contributed by atoms with Crippen molar-refractivity contribution in [3.05, 3.63) is 40.3 Å². The maximum absolute atomic E-state index is 13.8. The quantitative estimate of drug-likeness (QED) is 0.902. The van der Waals surface area contributed by atoms with Crippen LogP contribution in [0.1, 0.15) is 35.8 Å². The summed E-state index contributed by atoms with van der Waals surface area (Å²) in [5.41, 5.74) is 1.45. The zero-order valence-electron chi connectivity index (χ0n) is 10.4. The number of benzene rings is 1. The minimum Gasteiger partial charge on any atom is -0.477 e. The number of hydrogen-bond donors (Lipinski definition) is 2. The molecule has 0 bridgehead atoms. The van der Waals surface area contributed by atoms with Crippen LogP contribution >= 0.6 is 11.6 Å². The smallest absolute Gasteiger partial charge is 0.353 e. The molecule has 0 fully saturated rings. The van der Waals surface area contributed by atoms with Crippen molar-refractivity contribution < 1.29 is 14.3 Å². The Bertz CT molecular complexity index is 638. The Morgan fingerprint density at radius 3 is 2.63 bits per heavy atom. The Morgan fingerprint density at radius 2 is 2.11 bits per heavy atom. The topological polar surface area (TPSA) is 66.0 Å². The molecule has 1 aromatic heterocycles. The van der Waals surface area contributed by atoms with E-state index in [4.69, 9.17) is 16.7 Å². The Hall–Kier alpha value is -1.88. The third-order valence-electron chi connectivity index (χ3n) is 2.78. The van der Waals surface area contributed by atoms with E-state index in [1.54, 1.807) is 6.07 Å². The van der Waals surface area contributed by atoms with Crippen LogP contribution in [0.4, 0.5) is 4.39 Å². The summed E-state index contributed by atoms with van der Waals surface area (Å²) in [5, 5.41) is 15.1. The van der Waals surface area contributed by atoms with E-state index in [9.17, 15) is 9.18 Å². The van der Waals surface area contributed by atoms with Gasteiger partial charge in [-0.3, -0.25) is 5.10 Å². The van der Waals surface area contributed by atoms with Crippen molar-refractivity contribution in [1.29, 1.82) is 0 Å². The van der Waals surface area contributed by atoms with E-state index >= 15 is 0 Å². The number of hydrogen-bond acceptors (Lipinski definition) is 2. The highest BCUT2D eigenvalue weighted by Crippen LogP contribution is 2.30. The Balaban J connectivity index is 2.53. The van der Waals surface area contributed by atoms with E-state index < -0.39 is 11.8 Å². The van der Waals surface area contributed by atoms with Crippen LogP contribution in [0.2, 0.25) is 5.02 Å². The first-order valence-electron chi connectivity index (χ1n) is 5.68. The molecule has 4 nitrogen and oxygen atoms in total.